The number of Topliss-reactive ketones (excluding diaryl/α,β-unsaturated/α-hetero) is 1. The predicted molar refractivity (Wildman–Crippen MR) is 233 cm³/mol. The number of amides is 2. The normalized spacial score (nSPS) is 31.9. The van der Waals surface area contributed by atoms with E-state index in [1.54, 1.807) is 92.7 Å². The monoisotopic (exact) mass is 908 g/mol. The number of fused-ring (bicyclic) bond motifs is 5. The van der Waals surface area contributed by atoms with Crippen molar-refractivity contribution in [1.29, 1.82) is 0 Å². The van der Waals surface area contributed by atoms with Gasteiger partial charge in [-0.3, -0.25) is 14.4 Å². The van der Waals surface area contributed by atoms with Gasteiger partial charge in [-0.2, -0.15) is 0 Å². The van der Waals surface area contributed by atoms with Crippen LogP contribution in [0.15, 0.2) is 102 Å². The number of aliphatic hydroxyl groups excluding tert-OH is 2. The zero-order valence-corrected chi connectivity index (χ0v) is 37.4. The molecule has 0 spiro atoms. The molecule has 16 heteroatoms. The summed E-state index contributed by atoms with van der Waals surface area (Å²) in [6, 6.07) is 22.8. The minimum Gasteiger partial charge on any atom is -0.456 e. The van der Waals surface area contributed by atoms with Crippen molar-refractivity contribution in [2.24, 2.45) is 16.7 Å². The fraction of sp³-hybridized carbons (Fsp3) is 0.480. The van der Waals surface area contributed by atoms with Gasteiger partial charge in [-0.15, -0.1) is 0 Å². The van der Waals surface area contributed by atoms with Gasteiger partial charge in [0.25, 0.3) is 5.91 Å². The fourth-order valence-electron chi connectivity index (χ4n) is 10.8. The first-order chi connectivity index (χ1) is 31.3. The lowest BCUT2D eigenvalue weighted by Crippen LogP contribution is -2.82. The van der Waals surface area contributed by atoms with Crippen LogP contribution < -0.4 is 10.6 Å². The number of ketones is 1. The molecule has 0 unspecified atom stereocenters. The molecule has 3 saturated carbocycles. The minimum absolute atomic E-state index is 0.00181. The lowest BCUT2D eigenvalue weighted by molar-refractivity contribution is -0.341. The summed E-state index contributed by atoms with van der Waals surface area (Å²) in [6.45, 7) is 6.87. The van der Waals surface area contributed by atoms with Gasteiger partial charge in [0.05, 0.1) is 35.6 Å². The summed E-state index contributed by atoms with van der Waals surface area (Å²) in [6.07, 6.45) is -9.14. The highest BCUT2D eigenvalue weighted by Gasteiger charge is 2.78. The van der Waals surface area contributed by atoms with E-state index in [9.17, 15) is 39.3 Å². The van der Waals surface area contributed by atoms with Gasteiger partial charge in [-0.25, -0.2) is 14.4 Å². The van der Waals surface area contributed by atoms with Gasteiger partial charge < -0.3 is 49.6 Å². The van der Waals surface area contributed by atoms with Crippen molar-refractivity contribution in [3.63, 3.8) is 0 Å². The maximum Gasteiger partial charge on any atom is 0.408 e. The zero-order chi connectivity index (χ0) is 47.3. The summed E-state index contributed by atoms with van der Waals surface area (Å²) in [5, 5.41) is 43.5. The number of benzene rings is 3. The molecule has 5 N–H and O–H groups in total. The smallest absolute Gasteiger partial charge is 0.408 e. The van der Waals surface area contributed by atoms with Gasteiger partial charge in [-0.1, -0.05) is 80.6 Å². The van der Waals surface area contributed by atoms with Crippen LogP contribution in [0.4, 0.5) is 4.79 Å². The lowest BCUT2D eigenvalue weighted by Gasteiger charge is -2.67. The van der Waals surface area contributed by atoms with Crippen molar-refractivity contribution in [3.8, 4) is 0 Å². The summed E-state index contributed by atoms with van der Waals surface area (Å²) < 4.78 is 30.9. The maximum atomic E-state index is 15.7. The van der Waals surface area contributed by atoms with Crippen LogP contribution in [0.5, 0.6) is 0 Å². The number of alkyl carbamates (subject to hydrolysis) is 1. The third-order valence-electron chi connectivity index (χ3n) is 14.9. The van der Waals surface area contributed by atoms with E-state index in [2.05, 4.69) is 10.6 Å². The number of nitrogens with one attached hydrogen (secondary N) is 2. The molecular weight excluding hydrogens is 853 g/mol. The number of aliphatic hydroxyl groups is 3. The molecular formula is C50H56N2O14. The van der Waals surface area contributed by atoms with Crippen molar-refractivity contribution >= 4 is 35.7 Å². The van der Waals surface area contributed by atoms with Crippen molar-refractivity contribution < 1.29 is 67.8 Å². The van der Waals surface area contributed by atoms with Crippen LogP contribution in [0.2, 0.25) is 0 Å². The van der Waals surface area contributed by atoms with Crippen molar-refractivity contribution in [2.45, 2.75) is 127 Å². The van der Waals surface area contributed by atoms with Gasteiger partial charge in [0.2, 0.25) is 0 Å². The molecule has 11 atom stereocenters. The first-order valence-corrected chi connectivity index (χ1v) is 22.3. The van der Waals surface area contributed by atoms with E-state index in [1.165, 1.54) is 26.0 Å². The molecule has 4 fully saturated rings. The van der Waals surface area contributed by atoms with Gasteiger partial charge in [0.1, 0.15) is 23.9 Å². The van der Waals surface area contributed by atoms with Gasteiger partial charge in [0.15, 0.2) is 23.6 Å². The van der Waals surface area contributed by atoms with Crippen molar-refractivity contribution in [3.05, 3.63) is 119 Å². The quantitative estimate of drug-likeness (QED) is 0.102. The molecule has 66 heavy (non-hydrogen) atoms. The summed E-state index contributed by atoms with van der Waals surface area (Å²) in [4.78, 5) is 85.0. The average molecular weight is 909 g/mol. The van der Waals surface area contributed by atoms with Crippen LogP contribution in [0.1, 0.15) is 99.0 Å². The fourth-order valence-corrected chi connectivity index (χ4v) is 10.8. The summed E-state index contributed by atoms with van der Waals surface area (Å²) in [5.74, 6) is -6.08. The highest BCUT2D eigenvalue weighted by atomic mass is 16.6. The van der Waals surface area contributed by atoms with E-state index in [-0.39, 0.29) is 41.3 Å². The average Bonchev–Trinajstić information content (AvgIpc) is 3.28. The van der Waals surface area contributed by atoms with Gasteiger partial charge in [-0.05, 0) is 74.1 Å². The van der Waals surface area contributed by atoms with Crippen molar-refractivity contribution in [1.82, 2.24) is 10.6 Å². The Hall–Kier alpha value is -5.94. The number of hydrogen-bond acceptors (Lipinski definition) is 14. The third kappa shape index (κ3) is 7.86. The van der Waals surface area contributed by atoms with Crippen LogP contribution >= 0.6 is 0 Å². The van der Waals surface area contributed by atoms with E-state index in [0.717, 1.165) is 13.3 Å². The summed E-state index contributed by atoms with van der Waals surface area (Å²) >= 11 is 0. The van der Waals surface area contributed by atoms with Crippen LogP contribution in [0.25, 0.3) is 0 Å². The second kappa shape index (κ2) is 17.7. The molecule has 8 rings (SSSR count). The Labute approximate surface area is 382 Å². The van der Waals surface area contributed by atoms with Gasteiger partial charge in [0, 0.05) is 36.8 Å². The predicted octanol–water partition coefficient (Wildman–Crippen LogP) is 4.45. The number of carbonyl (C=O) groups is 6. The SMILES string of the molecule is CC(=O)O[C@H]1C(=O)[C@@]2(C)[C@H]([C@H](OC(=O)c3ccccc3)[C@]3(O)C[C@H](OC(=O)[C@H](O)[C@@H](NC(=O)c4ccccc4)c4ccccc4)C(C)=C1C3(C)C)[C@]1(OC(=O)NC3CCC3)CO[C@@H]1C[C@@H]2O. The van der Waals surface area contributed by atoms with E-state index in [1.807, 2.05) is 0 Å². The van der Waals surface area contributed by atoms with Crippen LogP contribution in [0, 0.1) is 16.7 Å². The Bertz CT molecular complexity index is 2410. The maximum absolute atomic E-state index is 15.7. The first kappa shape index (κ1) is 46.6. The molecule has 0 radical (unpaired) electrons. The topological polar surface area (TPSA) is 233 Å². The number of esters is 3. The summed E-state index contributed by atoms with van der Waals surface area (Å²) in [7, 11) is 0. The Kier molecular flexibility index (Phi) is 12.5. The molecule has 3 aromatic carbocycles. The van der Waals surface area contributed by atoms with Crippen molar-refractivity contribution in [2.75, 3.05) is 6.61 Å². The Morgan fingerprint density at radius 2 is 1.45 bits per heavy atom. The van der Waals surface area contributed by atoms with Crippen LogP contribution in [-0.2, 0) is 38.1 Å². The molecule has 1 heterocycles. The molecule has 3 aromatic rings. The second-order valence-corrected chi connectivity index (χ2v) is 18.9. The zero-order valence-electron chi connectivity index (χ0n) is 37.4. The van der Waals surface area contributed by atoms with Gasteiger partial charge >= 0.3 is 24.0 Å². The lowest BCUT2D eigenvalue weighted by atomic mass is 9.44. The van der Waals surface area contributed by atoms with E-state index in [0.29, 0.717) is 18.4 Å². The second-order valence-electron chi connectivity index (χ2n) is 18.9. The highest BCUT2D eigenvalue weighted by Crippen LogP contribution is 2.64. The number of rotatable bonds is 11. The molecule has 350 valence electrons. The van der Waals surface area contributed by atoms with E-state index >= 15 is 4.79 Å². The molecule has 2 amide bonds. The number of ether oxygens (including phenoxy) is 5. The third-order valence-corrected chi connectivity index (χ3v) is 14.9. The molecule has 0 aromatic heterocycles. The molecule has 5 aliphatic rings. The summed E-state index contributed by atoms with van der Waals surface area (Å²) in [5.41, 5.74) is -7.13. The van der Waals surface area contributed by atoms with E-state index < -0.39 is 113 Å². The van der Waals surface area contributed by atoms with Crippen LogP contribution in [-0.4, -0.2) is 111 Å². The Morgan fingerprint density at radius 1 is 0.848 bits per heavy atom. The minimum atomic E-state index is -2.41. The Morgan fingerprint density at radius 3 is 2.02 bits per heavy atom. The highest BCUT2D eigenvalue weighted by molar-refractivity contribution is 5.96. The largest absolute Gasteiger partial charge is 0.456 e. The van der Waals surface area contributed by atoms with E-state index in [4.69, 9.17) is 23.7 Å². The standard InChI is InChI=1S/C50H56N2O14/c1-27-33(64-45(59)38(55)37(29-16-9-6-10-17-29)52-43(57)30-18-11-7-12-19-30)25-50(61)42(65-44(58)31-20-13-8-14-21-31)40-48(5,41(56)39(63-28(2)53)36(27)47(50,3)4)34(54)24-35-49(40,26-62-35)66-46(60)51-32-22-15-23-32/h6-14,16-21,32-35,37-40,42,54-55,61H,15,22-26H2,1-5H3,(H,51,60)(H,52,57)/t33-,34-,35+,37-,38+,39+,40-,42-,48+,49-,50+/m0/s1. The first-order valence-electron chi connectivity index (χ1n) is 22.3. The molecule has 1 aliphatic heterocycles. The number of carbonyl (C=O) groups excluding carboxylic acids is 6. The van der Waals surface area contributed by atoms with Crippen LogP contribution in [0.3, 0.4) is 0 Å². The molecule has 2 bridgehead atoms. The molecule has 1 saturated heterocycles. The molecule has 4 aliphatic carbocycles. The molecule has 16 nitrogen and oxygen atoms in total. The Balaban J connectivity index is 1.27. The number of hydrogen-bond donors (Lipinski definition) is 5.